The van der Waals surface area contributed by atoms with Crippen LogP contribution < -0.4 is 9.47 Å². The van der Waals surface area contributed by atoms with E-state index in [-0.39, 0.29) is 5.75 Å². The van der Waals surface area contributed by atoms with Gasteiger partial charge < -0.3 is 19.1 Å². The van der Waals surface area contributed by atoms with Crippen LogP contribution in [-0.2, 0) is 6.61 Å². The lowest BCUT2D eigenvalue weighted by Gasteiger charge is -2.08. The lowest BCUT2D eigenvalue weighted by molar-refractivity contribution is 0.304. The van der Waals surface area contributed by atoms with Crippen LogP contribution in [0.3, 0.4) is 0 Å². The van der Waals surface area contributed by atoms with Gasteiger partial charge in [0.25, 0.3) is 0 Å². The molecule has 0 radical (unpaired) electrons. The summed E-state index contributed by atoms with van der Waals surface area (Å²) in [4.78, 5) is 0. The molecular weight excluding hydrogens is 290 g/mol. The number of hydrogen-bond donors (Lipinski definition) is 1. The maximum Gasteiger partial charge on any atom is 0.123 e. The van der Waals surface area contributed by atoms with Gasteiger partial charge in [-0.3, -0.25) is 0 Å². The van der Waals surface area contributed by atoms with Crippen LogP contribution in [0.4, 0.5) is 0 Å². The second-order valence-corrected chi connectivity index (χ2v) is 5.82. The second-order valence-electron chi connectivity index (χ2n) is 5.82. The van der Waals surface area contributed by atoms with Gasteiger partial charge in [0, 0.05) is 34.8 Å². The molecule has 3 rings (SSSR count). The molecule has 1 N–H and O–H groups in total. The van der Waals surface area contributed by atoms with Crippen LogP contribution in [0.5, 0.6) is 17.2 Å². The highest BCUT2D eigenvalue weighted by molar-refractivity contribution is 5.85. The molecular formula is C19H21NO3. The molecule has 0 bridgehead atoms. The van der Waals surface area contributed by atoms with Crippen molar-refractivity contribution in [1.82, 2.24) is 4.57 Å². The molecule has 0 atom stereocenters. The van der Waals surface area contributed by atoms with Crippen LogP contribution in [-0.4, -0.2) is 16.8 Å². The van der Waals surface area contributed by atoms with Crippen LogP contribution in [0, 0.1) is 0 Å². The van der Waals surface area contributed by atoms with E-state index in [1.165, 1.54) is 0 Å². The molecule has 0 aliphatic heterocycles. The highest BCUT2D eigenvalue weighted by Crippen LogP contribution is 2.29. The van der Waals surface area contributed by atoms with Crippen LogP contribution in [0.15, 0.2) is 48.7 Å². The number of nitrogens with zero attached hydrogens (tertiary/aromatic N) is 1. The Balaban J connectivity index is 1.91. The van der Waals surface area contributed by atoms with Crippen LogP contribution in [0.1, 0.15) is 25.5 Å². The summed E-state index contributed by atoms with van der Waals surface area (Å²) in [5.74, 6) is 1.79. The first kappa shape index (κ1) is 15.3. The molecule has 23 heavy (non-hydrogen) atoms. The third-order valence-corrected chi connectivity index (χ3v) is 3.89. The molecule has 4 nitrogen and oxygen atoms in total. The van der Waals surface area contributed by atoms with Crippen molar-refractivity contribution < 1.29 is 14.6 Å². The Labute approximate surface area is 135 Å². The largest absolute Gasteiger partial charge is 0.508 e. The SMILES string of the molecule is COc1cccc(OCc2cn(C(C)C)c3ccc(O)cc23)c1. The third kappa shape index (κ3) is 3.11. The molecule has 0 amide bonds. The monoisotopic (exact) mass is 311 g/mol. The summed E-state index contributed by atoms with van der Waals surface area (Å²) in [6.45, 7) is 4.71. The maximum atomic E-state index is 9.79. The van der Waals surface area contributed by atoms with Crippen molar-refractivity contribution in [3.63, 3.8) is 0 Å². The molecule has 1 aromatic heterocycles. The Bertz CT molecular complexity index is 821. The first-order valence-electron chi connectivity index (χ1n) is 7.68. The first-order chi connectivity index (χ1) is 11.1. The Kier molecular flexibility index (Phi) is 4.15. The van der Waals surface area contributed by atoms with Gasteiger partial charge in [0.1, 0.15) is 23.9 Å². The highest BCUT2D eigenvalue weighted by Gasteiger charge is 2.12. The Morgan fingerprint density at radius 3 is 2.61 bits per heavy atom. The molecule has 3 aromatic rings. The van der Waals surface area contributed by atoms with Gasteiger partial charge in [-0.2, -0.15) is 0 Å². The lowest BCUT2D eigenvalue weighted by atomic mass is 10.2. The normalized spacial score (nSPS) is 11.1. The average molecular weight is 311 g/mol. The number of rotatable bonds is 5. The van der Waals surface area contributed by atoms with Gasteiger partial charge in [-0.05, 0) is 44.2 Å². The summed E-state index contributed by atoms with van der Waals surface area (Å²) in [6, 6.07) is 13.3. The van der Waals surface area contributed by atoms with Crippen molar-refractivity contribution in [1.29, 1.82) is 0 Å². The standard InChI is InChI=1S/C19H21NO3/c1-13(2)20-11-14(18-9-15(21)7-8-19(18)20)12-23-17-6-4-5-16(10-17)22-3/h4-11,13,21H,12H2,1-3H3. The average Bonchev–Trinajstić information content (AvgIpc) is 2.91. The molecule has 4 heteroatoms. The molecule has 0 fully saturated rings. The summed E-state index contributed by atoms with van der Waals surface area (Å²) in [5.41, 5.74) is 2.15. The Morgan fingerprint density at radius 1 is 1.09 bits per heavy atom. The quantitative estimate of drug-likeness (QED) is 0.753. The van der Waals surface area contributed by atoms with E-state index in [0.29, 0.717) is 12.6 Å². The van der Waals surface area contributed by atoms with Crippen molar-refractivity contribution in [2.45, 2.75) is 26.5 Å². The number of benzene rings is 2. The molecule has 2 aromatic carbocycles. The summed E-state index contributed by atoms with van der Waals surface area (Å²) in [7, 11) is 1.64. The van der Waals surface area contributed by atoms with E-state index >= 15 is 0 Å². The van der Waals surface area contributed by atoms with E-state index < -0.39 is 0 Å². The van der Waals surface area contributed by atoms with Crippen LogP contribution >= 0.6 is 0 Å². The van der Waals surface area contributed by atoms with Crippen molar-refractivity contribution in [2.24, 2.45) is 0 Å². The minimum atomic E-state index is 0.265. The number of ether oxygens (including phenoxy) is 2. The second kappa shape index (κ2) is 6.24. The van der Waals surface area contributed by atoms with Gasteiger partial charge in [0.05, 0.1) is 7.11 Å². The number of aromatic hydroxyl groups is 1. The third-order valence-electron chi connectivity index (χ3n) is 3.89. The van der Waals surface area contributed by atoms with Crippen molar-refractivity contribution in [3.8, 4) is 17.2 Å². The fourth-order valence-corrected chi connectivity index (χ4v) is 2.71. The summed E-state index contributed by atoms with van der Waals surface area (Å²) >= 11 is 0. The van der Waals surface area contributed by atoms with E-state index in [1.807, 2.05) is 30.3 Å². The van der Waals surface area contributed by atoms with Gasteiger partial charge >= 0.3 is 0 Å². The number of phenolic OH excluding ortho intramolecular Hbond substituents is 1. The topological polar surface area (TPSA) is 43.6 Å². The zero-order valence-corrected chi connectivity index (χ0v) is 13.6. The molecule has 0 spiro atoms. The molecule has 0 saturated heterocycles. The van der Waals surface area contributed by atoms with Gasteiger partial charge in [0.15, 0.2) is 0 Å². The summed E-state index contributed by atoms with van der Waals surface area (Å²) in [6.07, 6.45) is 2.09. The van der Waals surface area contributed by atoms with Crippen molar-refractivity contribution in [2.75, 3.05) is 7.11 Å². The Hall–Kier alpha value is -2.62. The smallest absolute Gasteiger partial charge is 0.123 e. The number of hydrogen-bond acceptors (Lipinski definition) is 3. The van der Waals surface area contributed by atoms with E-state index in [1.54, 1.807) is 19.2 Å². The van der Waals surface area contributed by atoms with Crippen LogP contribution in [0.2, 0.25) is 0 Å². The summed E-state index contributed by atoms with van der Waals surface area (Å²) in [5, 5.41) is 10.8. The predicted octanol–water partition coefficient (Wildman–Crippen LogP) is 4.52. The van der Waals surface area contributed by atoms with Gasteiger partial charge in [0.2, 0.25) is 0 Å². The van der Waals surface area contributed by atoms with E-state index in [0.717, 1.165) is 28.0 Å². The van der Waals surface area contributed by atoms with Crippen molar-refractivity contribution >= 4 is 10.9 Å². The molecule has 0 aliphatic carbocycles. The molecule has 0 aliphatic rings. The fraction of sp³-hybridized carbons (Fsp3) is 0.263. The Morgan fingerprint density at radius 2 is 1.87 bits per heavy atom. The van der Waals surface area contributed by atoms with E-state index in [9.17, 15) is 5.11 Å². The van der Waals surface area contributed by atoms with Crippen LogP contribution in [0.25, 0.3) is 10.9 Å². The van der Waals surface area contributed by atoms with Crippen molar-refractivity contribution in [3.05, 3.63) is 54.2 Å². The number of aromatic nitrogens is 1. The highest BCUT2D eigenvalue weighted by atomic mass is 16.5. The molecule has 120 valence electrons. The number of methoxy groups -OCH3 is 1. The van der Waals surface area contributed by atoms with Gasteiger partial charge in [-0.15, -0.1) is 0 Å². The zero-order valence-electron chi connectivity index (χ0n) is 13.6. The zero-order chi connectivity index (χ0) is 16.4. The number of fused-ring (bicyclic) bond motifs is 1. The molecule has 0 unspecified atom stereocenters. The van der Waals surface area contributed by atoms with E-state index in [4.69, 9.17) is 9.47 Å². The molecule has 0 saturated carbocycles. The minimum absolute atomic E-state index is 0.265. The molecule has 1 heterocycles. The van der Waals surface area contributed by atoms with E-state index in [2.05, 4.69) is 24.6 Å². The minimum Gasteiger partial charge on any atom is -0.508 e. The number of phenols is 1. The predicted molar refractivity (Wildman–Crippen MR) is 91.3 cm³/mol. The van der Waals surface area contributed by atoms with Gasteiger partial charge in [-0.25, -0.2) is 0 Å². The van der Waals surface area contributed by atoms with Gasteiger partial charge in [-0.1, -0.05) is 6.07 Å². The first-order valence-corrected chi connectivity index (χ1v) is 7.68. The summed E-state index contributed by atoms with van der Waals surface area (Å²) < 4.78 is 13.3. The lowest BCUT2D eigenvalue weighted by Crippen LogP contribution is -1.98. The maximum absolute atomic E-state index is 9.79. The fourth-order valence-electron chi connectivity index (χ4n) is 2.71.